The van der Waals surface area contributed by atoms with Crippen LogP contribution in [0.2, 0.25) is 0 Å². The van der Waals surface area contributed by atoms with Gasteiger partial charge in [-0.2, -0.15) is 0 Å². The molecule has 7 heteroatoms. The van der Waals surface area contributed by atoms with E-state index in [1.807, 2.05) is 12.1 Å². The normalized spacial score (nSPS) is 15.8. The maximum atomic E-state index is 12.3. The molecule has 0 fully saturated rings. The summed E-state index contributed by atoms with van der Waals surface area (Å²) in [7, 11) is 2.77. The van der Waals surface area contributed by atoms with Crippen LogP contribution in [0.3, 0.4) is 0 Å². The van der Waals surface area contributed by atoms with Gasteiger partial charge < -0.3 is 14.0 Å². The van der Waals surface area contributed by atoms with E-state index in [-0.39, 0.29) is 11.9 Å². The molecule has 1 aliphatic rings. The van der Waals surface area contributed by atoms with E-state index in [1.165, 1.54) is 14.2 Å². The van der Waals surface area contributed by atoms with Crippen LogP contribution in [0.5, 0.6) is 0 Å². The number of carbonyl (C=O) groups is 2. The number of ether oxygens (including phenoxy) is 2. The Balaban J connectivity index is 1.97. The van der Waals surface area contributed by atoms with Gasteiger partial charge >= 0.3 is 11.9 Å². The first-order valence-corrected chi connectivity index (χ1v) is 9.65. The number of nitrogens with zero attached hydrogens (tertiary/aromatic N) is 2. The molecule has 7 nitrogen and oxygen atoms in total. The summed E-state index contributed by atoms with van der Waals surface area (Å²) >= 11 is 0. The van der Waals surface area contributed by atoms with Crippen LogP contribution in [-0.2, 0) is 33.7 Å². The maximum absolute atomic E-state index is 12.3. The fourth-order valence-corrected chi connectivity index (χ4v) is 3.57. The van der Waals surface area contributed by atoms with Gasteiger partial charge in [-0.05, 0) is 24.1 Å². The van der Waals surface area contributed by atoms with Crippen LogP contribution in [0.15, 0.2) is 24.3 Å². The van der Waals surface area contributed by atoms with E-state index in [1.54, 1.807) is 12.1 Å². The quantitative estimate of drug-likeness (QED) is 0.737. The van der Waals surface area contributed by atoms with Crippen LogP contribution in [0.25, 0.3) is 0 Å². The molecular formula is C21H27N3O4. The Morgan fingerprint density at radius 3 is 2.61 bits per heavy atom. The third-order valence-electron chi connectivity index (χ3n) is 5.05. The van der Waals surface area contributed by atoms with Gasteiger partial charge in [0.2, 0.25) is 0 Å². The molecule has 1 unspecified atom stereocenters. The van der Waals surface area contributed by atoms with Crippen molar-refractivity contribution in [3.05, 3.63) is 52.6 Å². The summed E-state index contributed by atoms with van der Waals surface area (Å²) in [5, 5.41) is 3.26. The van der Waals surface area contributed by atoms with Crippen molar-refractivity contribution in [3.8, 4) is 0 Å². The lowest BCUT2D eigenvalue weighted by Crippen LogP contribution is -2.37. The maximum Gasteiger partial charge on any atom is 0.337 e. The predicted octanol–water partition coefficient (Wildman–Crippen LogP) is 2.42. The number of aryl methyl sites for hydroxylation is 1. The first-order chi connectivity index (χ1) is 13.6. The fraction of sp³-hybridized carbons (Fsp3) is 0.476. The largest absolute Gasteiger partial charge is 0.468 e. The molecule has 0 spiro atoms. The Kier molecular flexibility index (Phi) is 6.46. The van der Waals surface area contributed by atoms with Gasteiger partial charge in [0.15, 0.2) is 0 Å². The molecule has 1 N–H and O–H groups in total. The molecule has 3 rings (SSSR count). The molecule has 1 aromatic carbocycles. The van der Waals surface area contributed by atoms with Crippen LogP contribution in [0.4, 0.5) is 0 Å². The fourth-order valence-electron chi connectivity index (χ4n) is 3.57. The Hall–Kier alpha value is -2.67. The highest BCUT2D eigenvalue weighted by atomic mass is 16.5. The van der Waals surface area contributed by atoms with Crippen LogP contribution >= 0.6 is 0 Å². The van der Waals surface area contributed by atoms with Gasteiger partial charge in [-0.15, -0.1) is 0 Å². The molecule has 0 amide bonds. The molecule has 1 aliphatic heterocycles. The number of carbonyl (C=O) groups excluding carboxylic acids is 2. The SMILES string of the molecule is CCCCc1nc2c(n1Cc1ccc(C(=O)OC)cc1)C(C(=O)OC)NCC2. The lowest BCUT2D eigenvalue weighted by molar-refractivity contribution is -0.143. The van der Waals surface area contributed by atoms with E-state index in [4.69, 9.17) is 14.5 Å². The van der Waals surface area contributed by atoms with Crippen molar-refractivity contribution < 1.29 is 19.1 Å². The van der Waals surface area contributed by atoms with Crippen LogP contribution in [-0.4, -0.2) is 42.3 Å². The van der Waals surface area contributed by atoms with Crippen molar-refractivity contribution in [1.82, 2.24) is 14.9 Å². The number of methoxy groups -OCH3 is 2. The van der Waals surface area contributed by atoms with Crippen molar-refractivity contribution >= 4 is 11.9 Å². The molecule has 0 bridgehead atoms. The van der Waals surface area contributed by atoms with E-state index in [9.17, 15) is 9.59 Å². The van der Waals surface area contributed by atoms with E-state index in [0.717, 1.165) is 48.5 Å². The number of aromatic nitrogens is 2. The van der Waals surface area contributed by atoms with E-state index in [2.05, 4.69) is 16.8 Å². The number of rotatable bonds is 7. The first-order valence-electron chi connectivity index (χ1n) is 9.65. The molecule has 0 aliphatic carbocycles. The molecule has 0 radical (unpaired) electrons. The summed E-state index contributed by atoms with van der Waals surface area (Å²) in [5.41, 5.74) is 3.40. The summed E-state index contributed by atoms with van der Waals surface area (Å²) in [6, 6.07) is 6.82. The summed E-state index contributed by atoms with van der Waals surface area (Å²) < 4.78 is 11.9. The van der Waals surface area contributed by atoms with Gasteiger partial charge in [-0.3, -0.25) is 5.32 Å². The van der Waals surface area contributed by atoms with Crippen molar-refractivity contribution in [1.29, 1.82) is 0 Å². The number of fused-ring (bicyclic) bond motifs is 1. The van der Waals surface area contributed by atoms with E-state index in [0.29, 0.717) is 18.7 Å². The molecule has 2 heterocycles. The highest BCUT2D eigenvalue weighted by Gasteiger charge is 2.33. The molecule has 0 saturated heterocycles. The molecule has 28 heavy (non-hydrogen) atoms. The smallest absolute Gasteiger partial charge is 0.337 e. The Morgan fingerprint density at radius 1 is 1.21 bits per heavy atom. The lowest BCUT2D eigenvalue weighted by Gasteiger charge is -2.24. The van der Waals surface area contributed by atoms with Gasteiger partial charge in [0.05, 0.1) is 31.2 Å². The van der Waals surface area contributed by atoms with Gasteiger partial charge in [0.25, 0.3) is 0 Å². The topological polar surface area (TPSA) is 82.5 Å². The van der Waals surface area contributed by atoms with Crippen molar-refractivity contribution in [2.45, 2.75) is 45.2 Å². The first kappa shape index (κ1) is 20.1. The van der Waals surface area contributed by atoms with Crippen molar-refractivity contribution in [2.24, 2.45) is 0 Å². The van der Waals surface area contributed by atoms with Crippen LogP contribution in [0, 0.1) is 0 Å². The van der Waals surface area contributed by atoms with E-state index >= 15 is 0 Å². The van der Waals surface area contributed by atoms with Crippen molar-refractivity contribution in [2.75, 3.05) is 20.8 Å². The van der Waals surface area contributed by atoms with Gasteiger partial charge in [0, 0.05) is 25.9 Å². The minimum Gasteiger partial charge on any atom is -0.468 e. The molecule has 2 aromatic rings. The minimum atomic E-state index is -0.508. The van der Waals surface area contributed by atoms with Gasteiger partial charge in [-0.25, -0.2) is 14.6 Å². The lowest BCUT2D eigenvalue weighted by atomic mass is 10.0. The number of hydrogen-bond donors (Lipinski definition) is 1. The summed E-state index contributed by atoms with van der Waals surface area (Å²) in [6.07, 6.45) is 3.76. The second-order valence-corrected chi connectivity index (χ2v) is 6.90. The Bertz CT molecular complexity index is 842. The zero-order valence-electron chi connectivity index (χ0n) is 16.7. The number of nitrogens with one attached hydrogen (secondary N) is 1. The molecule has 1 atom stereocenters. The zero-order chi connectivity index (χ0) is 20.1. The summed E-state index contributed by atoms with van der Waals surface area (Å²) in [5.74, 6) is 0.330. The number of imidazole rings is 1. The standard InChI is InChI=1S/C21H27N3O4/c1-4-5-6-17-23-16-11-12-22-18(21(26)28-3)19(16)24(17)13-14-7-9-15(10-8-14)20(25)27-2/h7-10,18,22H,4-6,11-13H2,1-3H3. The molecule has 150 valence electrons. The third kappa shape index (κ3) is 4.09. The monoisotopic (exact) mass is 385 g/mol. The van der Waals surface area contributed by atoms with Crippen LogP contribution in [0.1, 0.15) is 58.9 Å². The zero-order valence-corrected chi connectivity index (χ0v) is 16.7. The number of benzene rings is 1. The van der Waals surface area contributed by atoms with Crippen molar-refractivity contribution in [3.63, 3.8) is 0 Å². The molecule has 0 saturated carbocycles. The number of esters is 2. The number of hydrogen-bond acceptors (Lipinski definition) is 6. The highest BCUT2D eigenvalue weighted by molar-refractivity contribution is 5.89. The second-order valence-electron chi connectivity index (χ2n) is 6.90. The predicted molar refractivity (Wildman–Crippen MR) is 104 cm³/mol. The van der Waals surface area contributed by atoms with Gasteiger partial charge in [-0.1, -0.05) is 25.5 Å². The highest BCUT2D eigenvalue weighted by Crippen LogP contribution is 2.27. The van der Waals surface area contributed by atoms with Crippen LogP contribution < -0.4 is 5.32 Å². The average molecular weight is 385 g/mol. The third-order valence-corrected chi connectivity index (χ3v) is 5.05. The second kappa shape index (κ2) is 9.01. The summed E-state index contributed by atoms with van der Waals surface area (Å²) in [6.45, 7) is 3.43. The molecule has 1 aromatic heterocycles. The average Bonchev–Trinajstić information content (AvgIpc) is 3.08. The molecular weight excluding hydrogens is 358 g/mol. The minimum absolute atomic E-state index is 0.301. The Morgan fingerprint density at radius 2 is 1.96 bits per heavy atom. The Labute approximate surface area is 165 Å². The number of unbranched alkanes of at least 4 members (excludes halogenated alkanes) is 1. The van der Waals surface area contributed by atoms with Gasteiger partial charge in [0.1, 0.15) is 11.9 Å². The summed E-state index contributed by atoms with van der Waals surface area (Å²) in [4.78, 5) is 28.8. The van der Waals surface area contributed by atoms with E-state index < -0.39 is 6.04 Å².